The van der Waals surface area contributed by atoms with Gasteiger partial charge >= 0.3 is 0 Å². The van der Waals surface area contributed by atoms with Gasteiger partial charge in [0.15, 0.2) is 5.76 Å². The van der Waals surface area contributed by atoms with Crippen LogP contribution in [0.2, 0.25) is 0 Å². The summed E-state index contributed by atoms with van der Waals surface area (Å²) in [5.74, 6) is 0.135. The largest absolute Gasteiger partial charge is 0.451 e. The molecule has 0 aliphatic carbocycles. The smallest absolute Gasteiger partial charge is 0.287 e. The number of hydrogen-bond acceptors (Lipinski definition) is 7. The van der Waals surface area contributed by atoms with Crippen LogP contribution >= 0.6 is 0 Å². The number of carbonyl (C=O) groups is 2. The molecule has 2 amide bonds. The molecule has 1 N–H and O–H groups in total. The summed E-state index contributed by atoms with van der Waals surface area (Å²) in [5, 5.41) is 11.6. The molecule has 6 rings (SSSR count). The predicted molar refractivity (Wildman–Crippen MR) is 154 cm³/mol. The molecule has 0 bridgehead atoms. The van der Waals surface area contributed by atoms with Crippen LogP contribution in [-0.4, -0.2) is 76.0 Å². The van der Waals surface area contributed by atoms with Crippen LogP contribution in [0.5, 0.6) is 0 Å². The highest BCUT2D eigenvalue weighted by molar-refractivity contribution is 5.96. The first-order valence-corrected chi connectivity index (χ1v) is 14.1. The SMILES string of the molecule is O=C(NCc1ccccc1CN1CCOCC1)c1cc2cc(C3=CCCN(C(=O)CCn4ccnn4)C3)ccc2o1. The summed E-state index contributed by atoms with van der Waals surface area (Å²) in [4.78, 5) is 30.1. The normalized spacial score (nSPS) is 16.1. The Morgan fingerprint density at radius 1 is 1.00 bits per heavy atom. The van der Waals surface area contributed by atoms with Crippen molar-refractivity contribution in [1.29, 1.82) is 0 Å². The quantitative estimate of drug-likeness (QED) is 0.338. The van der Waals surface area contributed by atoms with Gasteiger partial charge in [-0.15, -0.1) is 5.10 Å². The fourth-order valence-electron chi connectivity index (χ4n) is 5.39. The number of rotatable bonds is 9. The van der Waals surface area contributed by atoms with Crippen molar-refractivity contribution in [3.05, 3.63) is 89.5 Å². The van der Waals surface area contributed by atoms with E-state index in [9.17, 15) is 9.59 Å². The highest BCUT2D eigenvalue weighted by atomic mass is 16.5. The number of amides is 2. The molecule has 10 heteroatoms. The standard InChI is InChI=1S/C31H34N6O4/c38-30(9-12-37-13-10-33-34-37)36-11-3-6-26(22-36)23-7-8-28-27(18-23)19-29(41-28)31(39)32-20-24-4-1-2-5-25(24)21-35-14-16-40-17-15-35/h1-2,4-8,10,13,18-19H,3,9,11-12,14-17,20-22H2,(H,32,39). The minimum Gasteiger partial charge on any atom is -0.451 e. The first kappa shape index (κ1) is 26.9. The zero-order valence-corrected chi connectivity index (χ0v) is 23.0. The molecule has 10 nitrogen and oxygen atoms in total. The van der Waals surface area contributed by atoms with E-state index >= 15 is 0 Å². The fraction of sp³-hybridized carbons (Fsp3) is 0.355. The van der Waals surface area contributed by atoms with Crippen LogP contribution in [-0.2, 0) is 29.2 Å². The molecule has 212 valence electrons. The highest BCUT2D eigenvalue weighted by Crippen LogP contribution is 2.27. The van der Waals surface area contributed by atoms with Crippen LogP contribution in [0.15, 0.2) is 71.4 Å². The number of aromatic nitrogens is 3. The van der Waals surface area contributed by atoms with Gasteiger partial charge in [0.1, 0.15) is 5.58 Å². The van der Waals surface area contributed by atoms with E-state index < -0.39 is 0 Å². The molecular formula is C31H34N6O4. The highest BCUT2D eigenvalue weighted by Gasteiger charge is 2.20. The zero-order chi connectivity index (χ0) is 28.0. The summed E-state index contributed by atoms with van der Waals surface area (Å²) in [6.07, 6.45) is 6.74. The van der Waals surface area contributed by atoms with Gasteiger partial charge in [-0.05, 0) is 46.9 Å². The van der Waals surface area contributed by atoms with Crippen molar-refractivity contribution in [1.82, 2.24) is 30.1 Å². The van der Waals surface area contributed by atoms with Crippen LogP contribution < -0.4 is 5.32 Å². The number of nitrogens with zero attached hydrogens (tertiary/aromatic N) is 5. The number of fused-ring (bicyclic) bond motifs is 1. The third-order valence-corrected chi connectivity index (χ3v) is 7.70. The maximum absolute atomic E-state index is 13.0. The van der Waals surface area contributed by atoms with Gasteiger partial charge in [-0.1, -0.05) is 41.6 Å². The lowest BCUT2D eigenvalue weighted by Crippen LogP contribution is -2.36. The van der Waals surface area contributed by atoms with Gasteiger partial charge in [0, 0.05) is 57.3 Å². The summed E-state index contributed by atoms with van der Waals surface area (Å²) in [5.41, 5.74) is 5.07. The third kappa shape index (κ3) is 6.55. The summed E-state index contributed by atoms with van der Waals surface area (Å²) < 4.78 is 13.0. The summed E-state index contributed by atoms with van der Waals surface area (Å²) in [6.45, 7) is 6.37. The van der Waals surface area contributed by atoms with E-state index in [1.807, 2.05) is 35.2 Å². The molecule has 1 fully saturated rings. The number of hydrogen-bond donors (Lipinski definition) is 1. The lowest BCUT2D eigenvalue weighted by molar-refractivity contribution is -0.131. The van der Waals surface area contributed by atoms with Crippen LogP contribution in [0.4, 0.5) is 0 Å². The first-order valence-electron chi connectivity index (χ1n) is 14.1. The Morgan fingerprint density at radius 2 is 1.85 bits per heavy atom. The minimum absolute atomic E-state index is 0.0981. The zero-order valence-electron chi connectivity index (χ0n) is 23.0. The van der Waals surface area contributed by atoms with Crippen molar-refractivity contribution in [2.75, 3.05) is 39.4 Å². The molecule has 0 saturated carbocycles. The van der Waals surface area contributed by atoms with Crippen LogP contribution in [0.1, 0.15) is 40.1 Å². The van der Waals surface area contributed by atoms with Crippen molar-refractivity contribution in [2.45, 2.75) is 32.5 Å². The van der Waals surface area contributed by atoms with Crippen LogP contribution in [0, 0.1) is 0 Å². The van der Waals surface area contributed by atoms with Gasteiger partial charge < -0.3 is 19.4 Å². The second-order valence-electron chi connectivity index (χ2n) is 10.5. The predicted octanol–water partition coefficient (Wildman–Crippen LogP) is 3.49. The van der Waals surface area contributed by atoms with E-state index in [1.165, 1.54) is 5.56 Å². The molecule has 0 spiro atoms. The number of aryl methyl sites for hydroxylation is 1. The number of carbonyl (C=O) groups excluding carboxylic acids is 2. The van der Waals surface area contributed by atoms with E-state index in [1.54, 1.807) is 23.1 Å². The van der Waals surface area contributed by atoms with Crippen molar-refractivity contribution < 1.29 is 18.7 Å². The van der Waals surface area contributed by atoms with E-state index in [4.69, 9.17) is 9.15 Å². The second kappa shape index (κ2) is 12.5. The maximum Gasteiger partial charge on any atom is 0.287 e. The van der Waals surface area contributed by atoms with Crippen molar-refractivity contribution in [2.24, 2.45) is 0 Å². The Balaban J connectivity index is 1.08. The molecular weight excluding hydrogens is 520 g/mol. The first-order chi connectivity index (χ1) is 20.1. The Morgan fingerprint density at radius 3 is 2.68 bits per heavy atom. The molecule has 2 aliphatic heterocycles. The molecule has 4 heterocycles. The van der Waals surface area contributed by atoms with E-state index in [0.717, 1.165) is 61.4 Å². The van der Waals surface area contributed by atoms with Crippen molar-refractivity contribution in [3.8, 4) is 0 Å². The summed E-state index contributed by atoms with van der Waals surface area (Å²) >= 11 is 0. The Hall–Kier alpha value is -4.28. The molecule has 2 aliphatic rings. The monoisotopic (exact) mass is 554 g/mol. The summed E-state index contributed by atoms with van der Waals surface area (Å²) in [6, 6.07) is 15.9. The number of benzene rings is 2. The topological polar surface area (TPSA) is 106 Å². The molecule has 0 radical (unpaired) electrons. The Bertz CT molecular complexity index is 1540. The molecule has 0 atom stereocenters. The molecule has 4 aromatic rings. The summed E-state index contributed by atoms with van der Waals surface area (Å²) in [7, 11) is 0. The van der Waals surface area contributed by atoms with Gasteiger partial charge in [-0.3, -0.25) is 19.2 Å². The van der Waals surface area contributed by atoms with Gasteiger partial charge in [0.05, 0.1) is 26.0 Å². The lowest BCUT2D eigenvalue weighted by Gasteiger charge is -2.27. The van der Waals surface area contributed by atoms with Crippen LogP contribution in [0.25, 0.3) is 16.5 Å². The fourth-order valence-corrected chi connectivity index (χ4v) is 5.39. The Labute approximate surface area is 238 Å². The average molecular weight is 555 g/mol. The molecule has 41 heavy (non-hydrogen) atoms. The van der Waals surface area contributed by atoms with Gasteiger partial charge in [0.2, 0.25) is 5.91 Å². The maximum atomic E-state index is 13.0. The van der Waals surface area contributed by atoms with Gasteiger partial charge in [-0.25, -0.2) is 0 Å². The second-order valence-corrected chi connectivity index (χ2v) is 10.5. The van der Waals surface area contributed by atoms with Crippen molar-refractivity contribution >= 4 is 28.4 Å². The van der Waals surface area contributed by atoms with Crippen molar-refractivity contribution in [3.63, 3.8) is 0 Å². The van der Waals surface area contributed by atoms with E-state index in [2.05, 4.69) is 38.7 Å². The van der Waals surface area contributed by atoms with Gasteiger partial charge in [-0.2, -0.15) is 0 Å². The minimum atomic E-state index is -0.245. The molecule has 2 aromatic carbocycles. The number of ether oxygens (including phenoxy) is 1. The number of furan rings is 1. The average Bonchev–Trinajstić information content (AvgIpc) is 3.70. The van der Waals surface area contributed by atoms with Crippen LogP contribution in [0.3, 0.4) is 0 Å². The van der Waals surface area contributed by atoms with E-state index in [0.29, 0.717) is 38.2 Å². The number of morpholine rings is 1. The van der Waals surface area contributed by atoms with Gasteiger partial charge in [0.25, 0.3) is 5.91 Å². The van der Waals surface area contributed by atoms with E-state index in [-0.39, 0.29) is 17.6 Å². The number of nitrogens with one attached hydrogen (secondary N) is 1. The lowest BCUT2D eigenvalue weighted by atomic mass is 9.99. The third-order valence-electron chi connectivity index (χ3n) is 7.70. The molecule has 2 aromatic heterocycles. The molecule has 1 saturated heterocycles. The Kier molecular flexibility index (Phi) is 8.20. The molecule has 0 unspecified atom stereocenters.